The molecule has 1 N–H and O–H groups in total. The van der Waals surface area contributed by atoms with Gasteiger partial charge in [0.15, 0.2) is 6.61 Å². The number of esters is 1. The summed E-state index contributed by atoms with van der Waals surface area (Å²) < 4.78 is 10.2. The van der Waals surface area contributed by atoms with E-state index in [2.05, 4.69) is 5.32 Å². The molecule has 0 aliphatic carbocycles. The number of hydrogen-bond donors (Lipinski definition) is 1. The summed E-state index contributed by atoms with van der Waals surface area (Å²) in [5.74, 6) is 0.0443. The van der Waals surface area contributed by atoms with E-state index in [1.807, 2.05) is 61.5 Å². The number of methoxy groups -OCH3 is 1. The highest BCUT2D eigenvalue weighted by molar-refractivity contribution is 5.81. The Morgan fingerprint density at radius 2 is 1.64 bits per heavy atom. The number of nitrogens with one attached hydrogen (secondary N) is 1. The third kappa shape index (κ3) is 5.64. The maximum Gasteiger partial charge on any atom is 0.306 e. The summed E-state index contributed by atoms with van der Waals surface area (Å²) in [4.78, 5) is 23.6. The van der Waals surface area contributed by atoms with E-state index in [-0.39, 0.29) is 24.5 Å². The molecule has 0 saturated carbocycles. The predicted octanol–water partition coefficient (Wildman–Crippen LogP) is 3.24. The van der Waals surface area contributed by atoms with Gasteiger partial charge in [0, 0.05) is 6.42 Å². The molecule has 0 spiro atoms. The molecule has 0 heterocycles. The van der Waals surface area contributed by atoms with Crippen molar-refractivity contribution in [3.63, 3.8) is 0 Å². The molecule has 0 aromatic heterocycles. The maximum atomic E-state index is 12.2. The lowest BCUT2D eigenvalue weighted by molar-refractivity contribution is -0.148. The molecule has 5 nitrogen and oxygen atoms in total. The maximum absolute atomic E-state index is 12.2. The Bertz CT molecular complexity index is 683. The van der Waals surface area contributed by atoms with Crippen molar-refractivity contribution in [2.24, 2.45) is 0 Å². The summed E-state index contributed by atoms with van der Waals surface area (Å²) >= 11 is 0. The van der Waals surface area contributed by atoms with Crippen molar-refractivity contribution in [1.82, 2.24) is 5.32 Å². The molecular weight excluding hydrogens is 318 g/mol. The van der Waals surface area contributed by atoms with Crippen LogP contribution in [0.1, 0.15) is 36.9 Å². The summed E-state index contributed by atoms with van der Waals surface area (Å²) in [6.45, 7) is 1.61. The number of rotatable bonds is 8. The molecule has 2 aromatic carbocycles. The number of carbonyl (C=O) groups excluding carboxylic acids is 2. The summed E-state index contributed by atoms with van der Waals surface area (Å²) in [5, 5.41) is 2.93. The molecule has 0 unspecified atom stereocenters. The van der Waals surface area contributed by atoms with E-state index in [1.54, 1.807) is 7.11 Å². The Morgan fingerprint density at radius 3 is 2.24 bits per heavy atom. The first kappa shape index (κ1) is 18.5. The zero-order valence-corrected chi connectivity index (χ0v) is 14.5. The van der Waals surface area contributed by atoms with Gasteiger partial charge in [-0.2, -0.15) is 0 Å². The van der Waals surface area contributed by atoms with Gasteiger partial charge in [-0.05, 0) is 29.7 Å². The highest BCUT2D eigenvalue weighted by Crippen LogP contribution is 2.24. The summed E-state index contributed by atoms with van der Waals surface area (Å²) in [7, 11) is 1.61. The van der Waals surface area contributed by atoms with E-state index in [4.69, 9.17) is 9.47 Å². The molecule has 0 fully saturated rings. The van der Waals surface area contributed by atoms with Crippen LogP contribution in [0, 0.1) is 0 Å². The number of amides is 1. The van der Waals surface area contributed by atoms with Crippen molar-refractivity contribution in [3.8, 4) is 5.75 Å². The summed E-state index contributed by atoms with van der Waals surface area (Å²) in [6.07, 6.45) is 1.01. The van der Waals surface area contributed by atoms with Crippen molar-refractivity contribution in [3.05, 3.63) is 65.7 Å². The minimum Gasteiger partial charge on any atom is -0.497 e. The van der Waals surface area contributed by atoms with E-state index in [0.717, 1.165) is 16.9 Å². The van der Waals surface area contributed by atoms with Gasteiger partial charge < -0.3 is 14.8 Å². The van der Waals surface area contributed by atoms with E-state index in [9.17, 15) is 9.59 Å². The first-order valence-electron chi connectivity index (χ1n) is 8.28. The van der Waals surface area contributed by atoms with Gasteiger partial charge in [0.05, 0.1) is 13.2 Å². The second-order valence-electron chi connectivity index (χ2n) is 5.60. The Kier molecular flexibility index (Phi) is 7.01. The zero-order chi connectivity index (χ0) is 18.1. The largest absolute Gasteiger partial charge is 0.497 e. The van der Waals surface area contributed by atoms with E-state index in [0.29, 0.717) is 12.8 Å². The molecule has 0 aliphatic heterocycles. The normalized spacial score (nSPS) is 11.4. The standard InChI is InChI=1S/C20H23NO4/c1-3-7-19(23)25-14-18(22)21-20(15-8-5-4-6-9-15)16-10-12-17(24-2)13-11-16/h4-6,8-13,20H,3,7,14H2,1-2H3,(H,21,22)/t20-/m1/s1. The van der Waals surface area contributed by atoms with Crippen LogP contribution in [0.2, 0.25) is 0 Å². The van der Waals surface area contributed by atoms with Crippen molar-refractivity contribution in [2.75, 3.05) is 13.7 Å². The Morgan fingerprint density at radius 1 is 1.00 bits per heavy atom. The third-order valence-electron chi connectivity index (χ3n) is 3.71. The molecule has 2 aromatic rings. The second-order valence-corrected chi connectivity index (χ2v) is 5.60. The van der Waals surface area contributed by atoms with Gasteiger partial charge >= 0.3 is 5.97 Å². The van der Waals surface area contributed by atoms with Crippen LogP contribution in [0.4, 0.5) is 0 Å². The lowest BCUT2D eigenvalue weighted by Gasteiger charge is -2.20. The minimum absolute atomic E-state index is 0.279. The molecule has 2 rings (SSSR count). The van der Waals surface area contributed by atoms with Crippen LogP contribution >= 0.6 is 0 Å². The molecule has 0 radical (unpaired) electrons. The van der Waals surface area contributed by atoms with Gasteiger partial charge in [0.1, 0.15) is 5.75 Å². The van der Waals surface area contributed by atoms with Crippen LogP contribution in [0.15, 0.2) is 54.6 Å². The molecule has 0 bridgehead atoms. The van der Waals surface area contributed by atoms with Crippen LogP contribution in [-0.2, 0) is 14.3 Å². The average Bonchev–Trinajstić information content (AvgIpc) is 2.65. The summed E-state index contributed by atoms with van der Waals surface area (Å²) in [5.41, 5.74) is 1.86. The van der Waals surface area contributed by atoms with Gasteiger partial charge in [-0.3, -0.25) is 9.59 Å². The van der Waals surface area contributed by atoms with Crippen LogP contribution in [0.5, 0.6) is 5.75 Å². The number of carbonyl (C=O) groups is 2. The van der Waals surface area contributed by atoms with Gasteiger partial charge in [-0.15, -0.1) is 0 Å². The van der Waals surface area contributed by atoms with Crippen molar-refractivity contribution in [2.45, 2.75) is 25.8 Å². The zero-order valence-electron chi connectivity index (χ0n) is 14.5. The number of benzene rings is 2. The average molecular weight is 341 g/mol. The second kappa shape index (κ2) is 9.47. The van der Waals surface area contributed by atoms with Crippen LogP contribution < -0.4 is 10.1 Å². The van der Waals surface area contributed by atoms with E-state index < -0.39 is 0 Å². The number of ether oxygens (including phenoxy) is 2. The highest BCUT2D eigenvalue weighted by atomic mass is 16.5. The fourth-order valence-electron chi connectivity index (χ4n) is 2.43. The monoisotopic (exact) mass is 341 g/mol. The fourth-order valence-corrected chi connectivity index (χ4v) is 2.43. The molecular formula is C20H23NO4. The molecule has 25 heavy (non-hydrogen) atoms. The Labute approximate surface area is 148 Å². The molecule has 0 aliphatic rings. The van der Waals surface area contributed by atoms with Crippen molar-refractivity contribution < 1.29 is 19.1 Å². The smallest absolute Gasteiger partial charge is 0.306 e. The Hall–Kier alpha value is -2.82. The molecule has 0 saturated heterocycles. The van der Waals surface area contributed by atoms with Crippen LogP contribution in [-0.4, -0.2) is 25.6 Å². The fraction of sp³-hybridized carbons (Fsp3) is 0.300. The quantitative estimate of drug-likeness (QED) is 0.749. The molecule has 1 atom stereocenters. The topological polar surface area (TPSA) is 64.6 Å². The first-order valence-corrected chi connectivity index (χ1v) is 8.28. The van der Waals surface area contributed by atoms with Gasteiger partial charge in [0.25, 0.3) is 5.91 Å². The van der Waals surface area contributed by atoms with Crippen molar-refractivity contribution in [1.29, 1.82) is 0 Å². The van der Waals surface area contributed by atoms with Crippen molar-refractivity contribution >= 4 is 11.9 Å². The van der Waals surface area contributed by atoms with E-state index >= 15 is 0 Å². The molecule has 5 heteroatoms. The SMILES string of the molecule is CCCC(=O)OCC(=O)N[C@H](c1ccccc1)c1ccc(OC)cc1. The minimum atomic E-state index is -0.363. The molecule has 1 amide bonds. The summed E-state index contributed by atoms with van der Waals surface area (Å²) in [6, 6.07) is 16.8. The first-order chi connectivity index (χ1) is 12.1. The highest BCUT2D eigenvalue weighted by Gasteiger charge is 2.17. The molecule has 132 valence electrons. The lowest BCUT2D eigenvalue weighted by Crippen LogP contribution is -2.33. The van der Waals surface area contributed by atoms with Gasteiger partial charge in [-0.1, -0.05) is 49.4 Å². The Balaban J connectivity index is 2.12. The van der Waals surface area contributed by atoms with Crippen LogP contribution in [0.25, 0.3) is 0 Å². The van der Waals surface area contributed by atoms with Gasteiger partial charge in [-0.25, -0.2) is 0 Å². The lowest BCUT2D eigenvalue weighted by atomic mass is 9.98. The van der Waals surface area contributed by atoms with Crippen LogP contribution in [0.3, 0.4) is 0 Å². The van der Waals surface area contributed by atoms with E-state index in [1.165, 1.54) is 0 Å². The van der Waals surface area contributed by atoms with Gasteiger partial charge in [0.2, 0.25) is 0 Å². The predicted molar refractivity (Wildman–Crippen MR) is 95.3 cm³/mol. The number of hydrogen-bond acceptors (Lipinski definition) is 4. The third-order valence-corrected chi connectivity index (χ3v) is 3.71.